The van der Waals surface area contributed by atoms with E-state index in [0.717, 1.165) is 16.0 Å². The molecule has 0 radical (unpaired) electrons. The number of rotatable bonds is 6. The van der Waals surface area contributed by atoms with Crippen LogP contribution < -0.4 is 5.56 Å². The Kier molecular flexibility index (Phi) is 5.77. The van der Waals surface area contributed by atoms with E-state index in [0.29, 0.717) is 28.3 Å². The van der Waals surface area contributed by atoms with Gasteiger partial charge in [-0.05, 0) is 37.6 Å². The van der Waals surface area contributed by atoms with E-state index in [9.17, 15) is 9.59 Å². The number of halogens is 1. The number of fused-ring (bicyclic) bond motifs is 1. The summed E-state index contributed by atoms with van der Waals surface area (Å²) >= 11 is 7.31. The van der Waals surface area contributed by atoms with Crippen molar-refractivity contribution in [3.05, 3.63) is 64.2 Å². The van der Waals surface area contributed by atoms with Crippen molar-refractivity contribution in [2.75, 3.05) is 13.1 Å². The van der Waals surface area contributed by atoms with E-state index in [1.54, 1.807) is 4.90 Å². The molecular weight excluding hydrogens is 382 g/mol. The number of likely N-dealkylation sites (N-methyl/N-ethyl adjacent to an activating group) is 1. The number of amides is 1. The first-order chi connectivity index (χ1) is 12.9. The third kappa shape index (κ3) is 4.28. The minimum absolute atomic E-state index is 0.0307. The van der Waals surface area contributed by atoms with Gasteiger partial charge in [0.2, 0.25) is 5.91 Å². The highest BCUT2D eigenvalue weighted by Gasteiger charge is 2.16. The van der Waals surface area contributed by atoms with Gasteiger partial charge in [-0.15, -0.1) is 11.3 Å². The molecule has 0 atom stereocenters. The summed E-state index contributed by atoms with van der Waals surface area (Å²) in [6.45, 7) is 8.65. The van der Waals surface area contributed by atoms with Gasteiger partial charge < -0.3 is 4.90 Å². The molecular formula is C20H20ClN3O2S. The third-order valence-corrected chi connectivity index (χ3v) is 5.55. The zero-order chi connectivity index (χ0) is 19.6. The zero-order valence-electron chi connectivity index (χ0n) is 15.2. The van der Waals surface area contributed by atoms with E-state index in [2.05, 4.69) is 11.6 Å². The SMILES string of the molecule is C=C(C)CN(CC)C(=O)Cn1cnc2cc(-c3ccc(Cl)cc3)sc2c1=O. The normalized spacial score (nSPS) is 10.9. The predicted molar refractivity (Wildman–Crippen MR) is 111 cm³/mol. The second-order valence-electron chi connectivity index (χ2n) is 6.37. The lowest BCUT2D eigenvalue weighted by Crippen LogP contribution is -2.37. The van der Waals surface area contributed by atoms with Crippen molar-refractivity contribution < 1.29 is 4.79 Å². The Balaban J connectivity index is 1.91. The summed E-state index contributed by atoms with van der Waals surface area (Å²) in [7, 11) is 0. The van der Waals surface area contributed by atoms with Gasteiger partial charge in [-0.1, -0.05) is 35.9 Å². The summed E-state index contributed by atoms with van der Waals surface area (Å²) in [5.74, 6) is -0.127. The Morgan fingerprint density at radius 1 is 1.33 bits per heavy atom. The molecule has 0 saturated heterocycles. The Morgan fingerprint density at radius 3 is 2.67 bits per heavy atom. The highest BCUT2D eigenvalue weighted by molar-refractivity contribution is 7.22. The van der Waals surface area contributed by atoms with Crippen molar-refractivity contribution >= 4 is 39.1 Å². The minimum Gasteiger partial charge on any atom is -0.337 e. The predicted octanol–water partition coefficient (Wildman–Crippen LogP) is 4.20. The van der Waals surface area contributed by atoms with Crippen molar-refractivity contribution in [1.29, 1.82) is 0 Å². The molecule has 0 aliphatic heterocycles. The molecule has 0 bridgehead atoms. The standard InChI is InChI=1S/C20H20ClN3O2S/c1-4-23(10-13(2)3)18(25)11-24-12-22-16-9-17(27-19(16)20(24)26)14-5-7-15(21)8-6-14/h5-9,12H,2,4,10-11H2,1,3H3. The maximum absolute atomic E-state index is 12.8. The van der Waals surface area contributed by atoms with Crippen LogP contribution in [0.1, 0.15) is 13.8 Å². The maximum atomic E-state index is 12.8. The first-order valence-electron chi connectivity index (χ1n) is 8.56. The molecule has 3 rings (SSSR count). The average molecular weight is 402 g/mol. The van der Waals surface area contributed by atoms with Crippen molar-refractivity contribution in [2.24, 2.45) is 0 Å². The smallest absolute Gasteiger partial charge is 0.271 e. The van der Waals surface area contributed by atoms with Crippen LogP contribution in [-0.4, -0.2) is 33.4 Å². The maximum Gasteiger partial charge on any atom is 0.271 e. The third-order valence-electron chi connectivity index (χ3n) is 4.13. The number of carbonyl (C=O) groups is 1. The number of nitrogens with zero attached hydrogens (tertiary/aromatic N) is 3. The van der Waals surface area contributed by atoms with Gasteiger partial charge in [-0.3, -0.25) is 14.2 Å². The van der Waals surface area contributed by atoms with Gasteiger partial charge in [-0.25, -0.2) is 4.98 Å². The van der Waals surface area contributed by atoms with Gasteiger partial charge in [0.25, 0.3) is 5.56 Å². The second-order valence-corrected chi connectivity index (χ2v) is 7.86. The van der Waals surface area contributed by atoms with Crippen LogP contribution in [0.5, 0.6) is 0 Å². The molecule has 0 unspecified atom stereocenters. The first-order valence-corrected chi connectivity index (χ1v) is 9.75. The summed E-state index contributed by atoms with van der Waals surface area (Å²) in [5.41, 5.74) is 2.30. The summed E-state index contributed by atoms with van der Waals surface area (Å²) in [4.78, 5) is 32.3. The Bertz CT molecular complexity index is 1050. The van der Waals surface area contributed by atoms with Crippen LogP contribution in [0.3, 0.4) is 0 Å². The number of benzene rings is 1. The molecule has 1 aromatic carbocycles. The van der Waals surface area contributed by atoms with Crippen molar-refractivity contribution in [3.8, 4) is 10.4 Å². The van der Waals surface area contributed by atoms with Crippen LogP contribution in [0.25, 0.3) is 20.7 Å². The van der Waals surface area contributed by atoms with Gasteiger partial charge >= 0.3 is 0 Å². The summed E-state index contributed by atoms with van der Waals surface area (Å²) < 4.78 is 1.91. The lowest BCUT2D eigenvalue weighted by atomic mass is 10.2. The van der Waals surface area contributed by atoms with Gasteiger partial charge in [0.15, 0.2) is 0 Å². The Hall–Kier alpha value is -2.44. The highest BCUT2D eigenvalue weighted by atomic mass is 35.5. The van der Waals surface area contributed by atoms with Crippen molar-refractivity contribution in [1.82, 2.24) is 14.5 Å². The fourth-order valence-electron chi connectivity index (χ4n) is 2.76. The molecule has 0 N–H and O–H groups in total. The molecule has 1 amide bonds. The number of aromatic nitrogens is 2. The molecule has 140 valence electrons. The van der Waals surface area contributed by atoms with Crippen molar-refractivity contribution in [2.45, 2.75) is 20.4 Å². The Morgan fingerprint density at radius 2 is 2.04 bits per heavy atom. The number of hydrogen-bond acceptors (Lipinski definition) is 4. The van der Waals surface area contributed by atoms with Crippen LogP contribution >= 0.6 is 22.9 Å². The lowest BCUT2D eigenvalue weighted by Gasteiger charge is -2.21. The van der Waals surface area contributed by atoms with Crippen LogP contribution in [0, 0.1) is 0 Å². The fraction of sp³-hybridized carbons (Fsp3) is 0.250. The molecule has 2 aromatic heterocycles. The number of thiophene rings is 1. The van der Waals surface area contributed by atoms with E-state index >= 15 is 0 Å². The van der Waals surface area contributed by atoms with Crippen LogP contribution in [0.4, 0.5) is 0 Å². The average Bonchev–Trinajstić information content (AvgIpc) is 3.07. The number of hydrogen-bond donors (Lipinski definition) is 0. The molecule has 0 fully saturated rings. The second kappa shape index (κ2) is 8.06. The molecule has 0 saturated carbocycles. The number of carbonyl (C=O) groups excluding carboxylic acids is 1. The zero-order valence-corrected chi connectivity index (χ0v) is 16.8. The van der Waals surface area contributed by atoms with E-state index in [1.807, 2.05) is 44.2 Å². The summed E-state index contributed by atoms with van der Waals surface area (Å²) in [6.07, 6.45) is 1.44. The molecule has 2 heterocycles. The van der Waals surface area contributed by atoms with Crippen LogP contribution in [0.15, 0.2) is 53.6 Å². The van der Waals surface area contributed by atoms with Crippen molar-refractivity contribution in [3.63, 3.8) is 0 Å². The van der Waals surface area contributed by atoms with E-state index in [4.69, 9.17) is 11.6 Å². The highest BCUT2D eigenvalue weighted by Crippen LogP contribution is 2.31. The molecule has 27 heavy (non-hydrogen) atoms. The lowest BCUT2D eigenvalue weighted by molar-refractivity contribution is -0.131. The van der Waals surface area contributed by atoms with Gasteiger partial charge in [-0.2, -0.15) is 0 Å². The van der Waals surface area contributed by atoms with E-state index in [-0.39, 0.29) is 18.0 Å². The van der Waals surface area contributed by atoms with Crippen LogP contribution in [-0.2, 0) is 11.3 Å². The summed E-state index contributed by atoms with van der Waals surface area (Å²) in [6, 6.07) is 9.33. The topological polar surface area (TPSA) is 55.2 Å². The van der Waals surface area contributed by atoms with E-state index < -0.39 is 0 Å². The molecule has 3 aromatic rings. The molecule has 7 heteroatoms. The van der Waals surface area contributed by atoms with Crippen LogP contribution in [0.2, 0.25) is 5.02 Å². The first kappa shape index (κ1) is 19.3. The minimum atomic E-state index is -0.204. The molecule has 0 spiro atoms. The largest absolute Gasteiger partial charge is 0.337 e. The van der Waals surface area contributed by atoms with Gasteiger partial charge in [0.1, 0.15) is 11.2 Å². The molecule has 0 aliphatic carbocycles. The monoisotopic (exact) mass is 401 g/mol. The summed E-state index contributed by atoms with van der Waals surface area (Å²) in [5, 5.41) is 0.661. The Labute approximate surface area is 166 Å². The van der Waals surface area contributed by atoms with Gasteiger partial charge in [0, 0.05) is 23.0 Å². The van der Waals surface area contributed by atoms with Gasteiger partial charge in [0.05, 0.1) is 11.8 Å². The quantitative estimate of drug-likeness (QED) is 0.581. The molecule has 0 aliphatic rings. The molecule has 5 nitrogen and oxygen atoms in total. The van der Waals surface area contributed by atoms with E-state index in [1.165, 1.54) is 22.2 Å². The fourth-order valence-corrected chi connectivity index (χ4v) is 3.95.